The van der Waals surface area contributed by atoms with Crippen LogP contribution < -0.4 is 5.32 Å². The third-order valence-corrected chi connectivity index (χ3v) is 4.65. The van der Waals surface area contributed by atoms with Crippen molar-refractivity contribution in [1.82, 2.24) is 4.98 Å². The molecule has 1 saturated carbocycles. The fourth-order valence-electron chi connectivity index (χ4n) is 1.97. The Labute approximate surface area is 109 Å². The van der Waals surface area contributed by atoms with E-state index in [-0.39, 0.29) is 10.7 Å². The molecule has 1 N–H and O–H groups in total. The Balaban J connectivity index is 2.15. The van der Waals surface area contributed by atoms with Gasteiger partial charge in [0.25, 0.3) is 0 Å². The molecule has 1 aromatic rings. The van der Waals surface area contributed by atoms with Gasteiger partial charge in [0, 0.05) is 5.54 Å². The van der Waals surface area contributed by atoms with E-state index >= 15 is 0 Å². The molecular formula is C11H15ClN2O2S. The van der Waals surface area contributed by atoms with Gasteiger partial charge in [-0.1, -0.05) is 29.9 Å². The van der Waals surface area contributed by atoms with Gasteiger partial charge in [-0.2, -0.15) is 0 Å². The number of methoxy groups -OCH3 is 1. The standard InChI is InChI=1S/C11H15ClN2O2S/c1-3-11(5-4-6-11)14-10-13-8(12)7(17-10)9(15)16-2/h3-6H2,1-2H3,(H,13,14). The van der Waals surface area contributed by atoms with Gasteiger partial charge in [-0.15, -0.1) is 0 Å². The lowest BCUT2D eigenvalue weighted by Gasteiger charge is -2.41. The number of halogens is 1. The third-order valence-electron chi connectivity index (χ3n) is 3.32. The van der Waals surface area contributed by atoms with Crippen molar-refractivity contribution in [3.63, 3.8) is 0 Å². The van der Waals surface area contributed by atoms with Crippen molar-refractivity contribution in [3.8, 4) is 0 Å². The van der Waals surface area contributed by atoms with E-state index in [0.717, 1.165) is 19.3 Å². The van der Waals surface area contributed by atoms with Crippen molar-refractivity contribution in [2.75, 3.05) is 12.4 Å². The second-order valence-corrected chi connectivity index (χ2v) is 5.60. The van der Waals surface area contributed by atoms with Crippen molar-refractivity contribution in [2.45, 2.75) is 38.1 Å². The van der Waals surface area contributed by atoms with Gasteiger partial charge in [0.2, 0.25) is 0 Å². The molecule has 17 heavy (non-hydrogen) atoms. The summed E-state index contributed by atoms with van der Waals surface area (Å²) in [6, 6.07) is 0. The zero-order valence-electron chi connectivity index (χ0n) is 9.88. The number of hydrogen-bond donors (Lipinski definition) is 1. The minimum Gasteiger partial charge on any atom is -0.465 e. The van der Waals surface area contributed by atoms with E-state index in [2.05, 4.69) is 22.0 Å². The van der Waals surface area contributed by atoms with Crippen LogP contribution in [-0.4, -0.2) is 23.6 Å². The molecule has 0 saturated heterocycles. The molecule has 2 rings (SSSR count). The Morgan fingerprint density at radius 3 is 2.82 bits per heavy atom. The summed E-state index contributed by atoms with van der Waals surface area (Å²) in [6.45, 7) is 2.16. The molecule has 0 aliphatic heterocycles. The molecular weight excluding hydrogens is 260 g/mol. The van der Waals surface area contributed by atoms with Crippen molar-refractivity contribution in [1.29, 1.82) is 0 Å². The predicted octanol–water partition coefficient (Wildman–Crippen LogP) is 3.33. The highest BCUT2D eigenvalue weighted by atomic mass is 35.5. The van der Waals surface area contributed by atoms with Crippen LogP contribution in [-0.2, 0) is 4.74 Å². The number of ether oxygens (including phenoxy) is 1. The maximum absolute atomic E-state index is 11.4. The number of hydrogen-bond acceptors (Lipinski definition) is 5. The molecule has 1 fully saturated rings. The highest BCUT2D eigenvalue weighted by Crippen LogP contribution is 2.39. The number of aromatic nitrogens is 1. The monoisotopic (exact) mass is 274 g/mol. The second-order valence-electron chi connectivity index (χ2n) is 4.24. The minimum atomic E-state index is -0.431. The summed E-state index contributed by atoms with van der Waals surface area (Å²) in [5.41, 5.74) is 0.147. The van der Waals surface area contributed by atoms with Crippen LogP contribution in [0.1, 0.15) is 42.3 Å². The van der Waals surface area contributed by atoms with Crippen molar-refractivity contribution >= 4 is 34.0 Å². The van der Waals surface area contributed by atoms with Gasteiger partial charge >= 0.3 is 5.97 Å². The number of esters is 1. The van der Waals surface area contributed by atoms with E-state index in [0.29, 0.717) is 10.0 Å². The summed E-state index contributed by atoms with van der Waals surface area (Å²) in [7, 11) is 1.34. The van der Waals surface area contributed by atoms with E-state index in [9.17, 15) is 4.79 Å². The molecule has 1 aromatic heterocycles. The Morgan fingerprint density at radius 1 is 1.65 bits per heavy atom. The van der Waals surface area contributed by atoms with Crippen molar-refractivity contribution in [2.24, 2.45) is 0 Å². The summed E-state index contributed by atoms with van der Waals surface area (Å²) in [6.07, 6.45) is 4.59. The first-order valence-electron chi connectivity index (χ1n) is 5.63. The maximum atomic E-state index is 11.4. The molecule has 0 atom stereocenters. The third kappa shape index (κ3) is 2.40. The van der Waals surface area contributed by atoms with Crippen LogP contribution >= 0.6 is 22.9 Å². The first-order valence-corrected chi connectivity index (χ1v) is 6.82. The van der Waals surface area contributed by atoms with Crippen molar-refractivity contribution in [3.05, 3.63) is 10.0 Å². The van der Waals surface area contributed by atoms with Gasteiger partial charge in [0.15, 0.2) is 15.2 Å². The van der Waals surface area contributed by atoms with E-state index in [4.69, 9.17) is 11.6 Å². The number of nitrogens with zero attached hydrogens (tertiary/aromatic N) is 1. The zero-order chi connectivity index (χ0) is 12.5. The van der Waals surface area contributed by atoms with Gasteiger partial charge in [0.1, 0.15) is 0 Å². The van der Waals surface area contributed by atoms with E-state index in [1.54, 1.807) is 0 Å². The lowest BCUT2D eigenvalue weighted by atomic mass is 9.75. The molecule has 0 radical (unpaired) electrons. The van der Waals surface area contributed by atoms with Gasteiger partial charge in [-0.3, -0.25) is 0 Å². The van der Waals surface area contributed by atoms with Crippen LogP contribution in [0.4, 0.5) is 5.13 Å². The van der Waals surface area contributed by atoms with Gasteiger partial charge in [-0.25, -0.2) is 9.78 Å². The van der Waals surface area contributed by atoms with Crippen LogP contribution in [0.2, 0.25) is 5.15 Å². The normalized spacial score (nSPS) is 17.4. The SMILES string of the molecule is CCC1(Nc2nc(Cl)c(C(=O)OC)s2)CCC1. The van der Waals surface area contributed by atoms with Crippen LogP contribution in [0.15, 0.2) is 0 Å². The molecule has 4 nitrogen and oxygen atoms in total. The quantitative estimate of drug-likeness (QED) is 0.856. The number of carbonyl (C=O) groups is 1. The Morgan fingerprint density at radius 2 is 2.35 bits per heavy atom. The zero-order valence-corrected chi connectivity index (χ0v) is 11.5. The molecule has 0 unspecified atom stereocenters. The largest absolute Gasteiger partial charge is 0.465 e. The predicted molar refractivity (Wildman–Crippen MR) is 69.0 cm³/mol. The summed E-state index contributed by atoms with van der Waals surface area (Å²) in [4.78, 5) is 15.9. The number of thiazole rings is 1. The number of rotatable bonds is 4. The summed E-state index contributed by atoms with van der Waals surface area (Å²) in [5, 5.41) is 4.32. The van der Waals surface area contributed by atoms with E-state index in [1.165, 1.54) is 24.9 Å². The molecule has 94 valence electrons. The highest BCUT2D eigenvalue weighted by Gasteiger charge is 2.36. The number of anilines is 1. The molecule has 0 amide bonds. The molecule has 0 spiro atoms. The number of nitrogens with one attached hydrogen (secondary N) is 1. The van der Waals surface area contributed by atoms with Gasteiger partial charge in [0.05, 0.1) is 7.11 Å². The van der Waals surface area contributed by atoms with Crippen LogP contribution in [0.3, 0.4) is 0 Å². The number of carbonyl (C=O) groups excluding carboxylic acids is 1. The average molecular weight is 275 g/mol. The molecule has 1 aliphatic carbocycles. The highest BCUT2D eigenvalue weighted by molar-refractivity contribution is 7.18. The Bertz CT molecular complexity index is 424. The van der Waals surface area contributed by atoms with Crippen molar-refractivity contribution < 1.29 is 9.53 Å². The lowest BCUT2D eigenvalue weighted by Crippen LogP contribution is -2.44. The van der Waals surface area contributed by atoms with Gasteiger partial charge < -0.3 is 10.1 Å². The minimum absolute atomic E-state index is 0.147. The topological polar surface area (TPSA) is 51.2 Å². The van der Waals surface area contributed by atoms with Crippen LogP contribution in [0, 0.1) is 0 Å². The summed E-state index contributed by atoms with van der Waals surface area (Å²) < 4.78 is 4.65. The fraction of sp³-hybridized carbons (Fsp3) is 0.636. The average Bonchev–Trinajstić information content (AvgIpc) is 2.64. The molecule has 6 heteroatoms. The summed E-state index contributed by atoms with van der Waals surface area (Å²) >= 11 is 7.17. The van der Waals surface area contributed by atoms with E-state index in [1.807, 2.05) is 0 Å². The fourth-order valence-corrected chi connectivity index (χ4v) is 3.19. The maximum Gasteiger partial charge on any atom is 0.351 e. The smallest absolute Gasteiger partial charge is 0.351 e. The van der Waals surface area contributed by atoms with Crippen LogP contribution in [0.25, 0.3) is 0 Å². The molecule has 0 bridgehead atoms. The second kappa shape index (κ2) is 4.82. The first-order chi connectivity index (χ1) is 8.10. The van der Waals surface area contributed by atoms with E-state index < -0.39 is 5.97 Å². The lowest BCUT2D eigenvalue weighted by molar-refractivity contribution is 0.0606. The summed E-state index contributed by atoms with van der Waals surface area (Å²) in [5.74, 6) is -0.431. The first kappa shape index (κ1) is 12.6. The Kier molecular flexibility index (Phi) is 3.58. The van der Waals surface area contributed by atoms with Gasteiger partial charge in [-0.05, 0) is 25.7 Å². The molecule has 0 aromatic carbocycles. The molecule has 1 aliphatic rings. The van der Waals surface area contributed by atoms with Crippen LogP contribution in [0.5, 0.6) is 0 Å². The Hall–Kier alpha value is -0.810. The molecule has 1 heterocycles.